The Morgan fingerprint density at radius 1 is 1.19 bits per heavy atom. The molecule has 118 valence electrons. The molecule has 0 saturated carbocycles. The summed E-state index contributed by atoms with van der Waals surface area (Å²) in [5.74, 6) is 0. The lowest BCUT2D eigenvalue weighted by atomic mass is 9.97. The topological polar surface area (TPSA) is 44.7 Å². The molecule has 0 radical (unpaired) electrons. The van der Waals surface area contributed by atoms with Gasteiger partial charge in [0, 0.05) is 31.8 Å². The first-order chi connectivity index (χ1) is 10.2. The predicted molar refractivity (Wildman–Crippen MR) is 85.3 cm³/mol. The third-order valence-corrected chi connectivity index (χ3v) is 4.16. The monoisotopic (exact) mass is 292 g/mol. The highest BCUT2D eigenvalue weighted by atomic mass is 16.5. The van der Waals surface area contributed by atoms with Crippen molar-refractivity contribution in [3.63, 3.8) is 0 Å². The van der Waals surface area contributed by atoms with E-state index in [0.717, 1.165) is 32.7 Å². The number of hydrogen-bond donors (Lipinski definition) is 2. The van der Waals surface area contributed by atoms with Gasteiger partial charge in [0.15, 0.2) is 0 Å². The van der Waals surface area contributed by atoms with E-state index in [9.17, 15) is 0 Å². The van der Waals surface area contributed by atoms with Crippen LogP contribution in [0, 0.1) is 0 Å². The molecule has 0 aromatic heterocycles. The third kappa shape index (κ3) is 4.78. The van der Waals surface area contributed by atoms with Crippen LogP contribution in [-0.4, -0.2) is 55.0 Å². The minimum atomic E-state index is 0.231. The van der Waals surface area contributed by atoms with Gasteiger partial charge < -0.3 is 15.2 Å². The lowest BCUT2D eigenvalue weighted by Crippen LogP contribution is -2.49. The van der Waals surface area contributed by atoms with Gasteiger partial charge in [-0.2, -0.15) is 0 Å². The molecule has 1 aliphatic heterocycles. The maximum absolute atomic E-state index is 9.09. The van der Waals surface area contributed by atoms with Crippen molar-refractivity contribution in [3.05, 3.63) is 35.9 Å². The van der Waals surface area contributed by atoms with E-state index in [1.807, 2.05) is 0 Å². The van der Waals surface area contributed by atoms with Gasteiger partial charge in [-0.15, -0.1) is 0 Å². The fourth-order valence-electron chi connectivity index (χ4n) is 3.14. The lowest BCUT2D eigenvalue weighted by Gasteiger charge is -2.39. The normalized spacial score (nSPS) is 20.9. The minimum absolute atomic E-state index is 0.231. The summed E-state index contributed by atoms with van der Waals surface area (Å²) in [7, 11) is 0. The first-order valence-corrected chi connectivity index (χ1v) is 7.96. The Balaban J connectivity index is 2.11. The Morgan fingerprint density at radius 2 is 1.86 bits per heavy atom. The predicted octanol–water partition coefficient (Wildman–Crippen LogP) is 1.81. The van der Waals surface area contributed by atoms with Crippen LogP contribution in [0.1, 0.15) is 31.9 Å². The summed E-state index contributed by atoms with van der Waals surface area (Å²) in [5.41, 5.74) is 1.34. The van der Waals surface area contributed by atoms with Gasteiger partial charge >= 0.3 is 0 Å². The van der Waals surface area contributed by atoms with Crippen LogP contribution in [0.5, 0.6) is 0 Å². The maximum atomic E-state index is 9.09. The van der Waals surface area contributed by atoms with Crippen LogP contribution in [0.4, 0.5) is 0 Å². The zero-order chi connectivity index (χ0) is 15.1. The highest BCUT2D eigenvalue weighted by molar-refractivity contribution is 5.21. The molecule has 4 nitrogen and oxygen atoms in total. The number of ether oxygens (including phenoxy) is 1. The summed E-state index contributed by atoms with van der Waals surface area (Å²) in [5, 5.41) is 12.7. The van der Waals surface area contributed by atoms with Crippen molar-refractivity contribution < 1.29 is 9.84 Å². The van der Waals surface area contributed by atoms with E-state index in [-0.39, 0.29) is 6.61 Å². The lowest BCUT2D eigenvalue weighted by molar-refractivity contribution is 0.00769. The fourth-order valence-corrected chi connectivity index (χ4v) is 3.14. The van der Waals surface area contributed by atoms with Crippen molar-refractivity contribution in [2.45, 2.75) is 38.4 Å². The third-order valence-electron chi connectivity index (χ3n) is 4.16. The molecule has 1 aromatic rings. The first-order valence-electron chi connectivity index (χ1n) is 7.96. The second-order valence-electron chi connectivity index (χ2n) is 5.87. The second kappa shape index (κ2) is 8.49. The van der Waals surface area contributed by atoms with Crippen molar-refractivity contribution in [1.29, 1.82) is 0 Å². The summed E-state index contributed by atoms with van der Waals surface area (Å²) in [6.07, 6.45) is 0.787. The molecule has 1 fully saturated rings. The molecule has 2 N–H and O–H groups in total. The quantitative estimate of drug-likeness (QED) is 0.804. The number of benzene rings is 1. The van der Waals surface area contributed by atoms with Crippen LogP contribution in [0.15, 0.2) is 30.3 Å². The second-order valence-corrected chi connectivity index (χ2v) is 5.87. The van der Waals surface area contributed by atoms with Crippen LogP contribution in [0.2, 0.25) is 0 Å². The fraction of sp³-hybridized carbons (Fsp3) is 0.647. The molecule has 4 heteroatoms. The van der Waals surface area contributed by atoms with Gasteiger partial charge in [-0.25, -0.2) is 0 Å². The minimum Gasteiger partial charge on any atom is -0.396 e. The average Bonchev–Trinajstić information content (AvgIpc) is 2.50. The first kappa shape index (κ1) is 16.4. The number of morpholine rings is 1. The van der Waals surface area contributed by atoms with Crippen LogP contribution in [0.25, 0.3) is 0 Å². The molecular formula is C17H28N2O2. The number of nitrogens with one attached hydrogen (secondary N) is 1. The summed E-state index contributed by atoms with van der Waals surface area (Å²) in [4.78, 5) is 2.50. The van der Waals surface area contributed by atoms with Crippen molar-refractivity contribution in [2.24, 2.45) is 0 Å². The van der Waals surface area contributed by atoms with Gasteiger partial charge in [0.05, 0.1) is 19.3 Å². The summed E-state index contributed by atoms with van der Waals surface area (Å²) in [6, 6.07) is 11.7. The highest BCUT2D eigenvalue weighted by Crippen LogP contribution is 2.25. The number of hydrogen-bond acceptors (Lipinski definition) is 4. The molecule has 21 heavy (non-hydrogen) atoms. The summed E-state index contributed by atoms with van der Waals surface area (Å²) >= 11 is 0. The van der Waals surface area contributed by atoms with Crippen molar-refractivity contribution in [2.75, 3.05) is 32.9 Å². The van der Waals surface area contributed by atoms with Gasteiger partial charge in [-0.1, -0.05) is 30.3 Å². The van der Waals surface area contributed by atoms with E-state index in [1.54, 1.807) is 0 Å². The standard InChI is InChI=1S/C17H28N2O2/c1-14(8-11-20)18-15(2)17(16-6-4-3-5-7-16)19-9-12-21-13-10-19/h3-7,14-15,17-18,20H,8-13H2,1-2H3/t14-,15?,17?/m1/s1. The summed E-state index contributed by atoms with van der Waals surface area (Å²) in [6.45, 7) is 8.16. The Hall–Kier alpha value is -0.940. The molecule has 0 bridgehead atoms. The molecule has 2 unspecified atom stereocenters. The average molecular weight is 292 g/mol. The van der Waals surface area contributed by atoms with Gasteiger partial charge in [0.25, 0.3) is 0 Å². The largest absolute Gasteiger partial charge is 0.396 e. The molecule has 0 spiro atoms. The Labute approximate surface area is 128 Å². The Morgan fingerprint density at radius 3 is 2.48 bits per heavy atom. The number of aliphatic hydroxyl groups excluding tert-OH is 1. The molecule has 0 aliphatic carbocycles. The molecule has 1 heterocycles. The van der Waals surface area contributed by atoms with Crippen molar-refractivity contribution in [3.8, 4) is 0 Å². The van der Waals surface area contributed by atoms with Gasteiger partial charge in [-0.3, -0.25) is 4.90 Å². The van der Waals surface area contributed by atoms with Crippen LogP contribution >= 0.6 is 0 Å². The van der Waals surface area contributed by atoms with E-state index >= 15 is 0 Å². The smallest absolute Gasteiger partial charge is 0.0594 e. The molecule has 1 aromatic carbocycles. The van der Waals surface area contributed by atoms with Crippen LogP contribution < -0.4 is 5.32 Å². The zero-order valence-corrected chi connectivity index (χ0v) is 13.2. The molecule has 1 aliphatic rings. The maximum Gasteiger partial charge on any atom is 0.0594 e. The van der Waals surface area contributed by atoms with Crippen LogP contribution in [0.3, 0.4) is 0 Å². The molecule has 3 atom stereocenters. The highest BCUT2D eigenvalue weighted by Gasteiger charge is 2.28. The molecule has 0 amide bonds. The molecule has 2 rings (SSSR count). The zero-order valence-electron chi connectivity index (χ0n) is 13.2. The van der Waals surface area contributed by atoms with Crippen LogP contribution in [-0.2, 0) is 4.74 Å². The van der Waals surface area contributed by atoms with E-state index in [2.05, 4.69) is 54.4 Å². The number of rotatable bonds is 7. The molecular weight excluding hydrogens is 264 g/mol. The van der Waals surface area contributed by atoms with Gasteiger partial charge in [-0.05, 0) is 25.8 Å². The summed E-state index contributed by atoms with van der Waals surface area (Å²) < 4.78 is 5.49. The van der Waals surface area contributed by atoms with Crippen molar-refractivity contribution in [1.82, 2.24) is 10.2 Å². The van der Waals surface area contributed by atoms with E-state index in [0.29, 0.717) is 18.1 Å². The van der Waals surface area contributed by atoms with Gasteiger partial charge in [0.2, 0.25) is 0 Å². The van der Waals surface area contributed by atoms with E-state index in [1.165, 1.54) is 5.56 Å². The van der Waals surface area contributed by atoms with E-state index in [4.69, 9.17) is 9.84 Å². The van der Waals surface area contributed by atoms with E-state index < -0.39 is 0 Å². The van der Waals surface area contributed by atoms with Gasteiger partial charge in [0.1, 0.15) is 0 Å². The van der Waals surface area contributed by atoms with Crippen molar-refractivity contribution >= 4 is 0 Å². The molecule has 1 saturated heterocycles. The number of aliphatic hydroxyl groups is 1. The SMILES string of the molecule is CC(N[C@H](C)CCO)C(c1ccccc1)N1CCOCC1. The Bertz CT molecular complexity index is 393. The number of nitrogens with zero attached hydrogens (tertiary/aromatic N) is 1. The Kier molecular flexibility index (Phi) is 6.64.